The van der Waals surface area contributed by atoms with Crippen molar-refractivity contribution in [2.24, 2.45) is 11.8 Å². The number of methoxy groups -OCH3 is 2. The van der Waals surface area contributed by atoms with Crippen LogP contribution in [0.3, 0.4) is 0 Å². The number of hydrogen-bond donors (Lipinski definition) is 3. The van der Waals surface area contributed by atoms with Crippen LogP contribution in [0.4, 0.5) is 15.8 Å². The van der Waals surface area contributed by atoms with E-state index in [9.17, 15) is 23.9 Å². The van der Waals surface area contributed by atoms with Crippen molar-refractivity contribution in [1.29, 1.82) is 0 Å². The van der Waals surface area contributed by atoms with Gasteiger partial charge in [0.15, 0.2) is 0 Å². The third-order valence-electron chi connectivity index (χ3n) is 6.80. The largest absolute Gasteiger partial charge is 0.495 e. The standard InChI is InChI=1S/C29H29FN2O6/c1-29(36)16-21(33)25(27(34)31-19-11-4-6-13-22(19)37-2)24(17-9-8-10-18(30)15-17)26(29)28(35)32-20-12-5-7-14-23(20)38-3/h4-15,24-26,36H,16H2,1-3H3,(H,31,34)(H,32,35). The number of carbonyl (C=O) groups excluding carboxylic acids is 3. The van der Waals surface area contributed by atoms with E-state index in [0.29, 0.717) is 22.9 Å². The van der Waals surface area contributed by atoms with Gasteiger partial charge >= 0.3 is 0 Å². The van der Waals surface area contributed by atoms with Gasteiger partial charge in [-0.3, -0.25) is 14.4 Å². The van der Waals surface area contributed by atoms with Crippen molar-refractivity contribution in [3.8, 4) is 11.5 Å². The molecule has 0 spiro atoms. The van der Waals surface area contributed by atoms with Crippen LogP contribution in [-0.4, -0.2) is 42.5 Å². The minimum atomic E-state index is -1.83. The maximum atomic E-state index is 14.4. The molecule has 1 saturated carbocycles. The van der Waals surface area contributed by atoms with Gasteiger partial charge in [0.2, 0.25) is 11.8 Å². The van der Waals surface area contributed by atoms with Gasteiger partial charge in [-0.25, -0.2) is 4.39 Å². The van der Waals surface area contributed by atoms with Crippen LogP contribution in [0.5, 0.6) is 11.5 Å². The monoisotopic (exact) mass is 520 g/mol. The number of aliphatic hydroxyl groups is 1. The smallest absolute Gasteiger partial charge is 0.235 e. The van der Waals surface area contributed by atoms with Gasteiger partial charge < -0.3 is 25.2 Å². The highest BCUT2D eigenvalue weighted by atomic mass is 19.1. The molecule has 38 heavy (non-hydrogen) atoms. The molecule has 1 aliphatic rings. The van der Waals surface area contributed by atoms with E-state index in [1.807, 2.05) is 0 Å². The molecule has 3 aromatic carbocycles. The van der Waals surface area contributed by atoms with Crippen LogP contribution >= 0.6 is 0 Å². The second kappa shape index (κ2) is 11.0. The Bertz CT molecular complexity index is 1360. The lowest BCUT2D eigenvalue weighted by atomic mass is 9.61. The fourth-order valence-electron chi connectivity index (χ4n) is 5.12. The lowest BCUT2D eigenvalue weighted by Gasteiger charge is -2.44. The quantitative estimate of drug-likeness (QED) is 0.403. The molecule has 4 atom stereocenters. The molecule has 0 heterocycles. The number of halogens is 1. The Kier molecular flexibility index (Phi) is 7.78. The Hall–Kier alpha value is -4.24. The van der Waals surface area contributed by atoms with Gasteiger partial charge in [0.25, 0.3) is 0 Å². The molecular weight excluding hydrogens is 491 g/mol. The number of carbonyl (C=O) groups is 3. The van der Waals surface area contributed by atoms with Crippen molar-refractivity contribution in [3.05, 3.63) is 84.2 Å². The van der Waals surface area contributed by atoms with Crippen molar-refractivity contribution in [2.45, 2.75) is 24.9 Å². The predicted octanol–water partition coefficient (Wildman–Crippen LogP) is 4.16. The summed E-state index contributed by atoms with van der Waals surface area (Å²) >= 11 is 0. The minimum absolute atomic E-state index is 0.235. The highest BCUT2D eigenvalue weighted by Gasteiger charge is 2.56. The first-order valence-corrected chi connectivity index (χ1v) is 12.0. The number of amides is 2. The predicted molar refractivity (Wildman–Crippen MR) is 140 cm³/mol. The lowest BCUT2D eigenvalue weighted by Crippen LogP contribution is -2.56. The molecule has 4 unspecified atom stereocenters. The first-order valence-electron chi connectivity index (χ1n) is 12.0. The second-order valence-corrected chi connectivity index (χ2v) is 9.42. The molecule has 4 rings (SSSR count). The van der Waals surface area contributed by atoms with Crippen LogP contribution in [0.1, 0.15) is 24.8 Å². The number of anilines is 2. The van der Waals surface area contributed by atoms with Gasteiger partial charge in [0.1, 0.15) is 29.0 Å². The van der Waals surface area contributed by atoms with Gasteiger partial charge in [-0.15, -0.1) is 0 Å². The number of rotatable bonds is 7. The molecular formula is C29H29FN2O6. The molecule has 9 heteroatoms. The SMILES string of the molecule is COc1ccccc1NC(=O)C1C(=O)CC(C)(O)C(C(=O)Nc2ccccc2OC)C1c1cccc(F)c1. The molecule has 0 aromatic heterocycles. The summed E-state index contributed by atoms with van der Waals surface area (Å²) in [5.74, 6) is -5.60. The topological polar surface area (TPSA) is 114 Å². The first kappa shape index (κ1) is 26.8. The molecule has 3 N–H and O–H groups in total. The summed E-state index contributed by atoms with van der Waals surface area (Å²) < 4.78 is 25.0. The third-order valence-corrected chi connectivity index (χ3v) is 6.80. The zero-order valence-electron chi connectivity index (χ0n) is 21.2. The zero-order valence-corrected chi connectivity index (χ0v) is 21.2. The summed E-state index contributed by atoms with van der Waals surface area (Å²) in [5, 5.41) is 16.9. The van der Waals surface area contributed by atoms with Crippen LogP contribution in [0.25, 0.3) is 0 Å². The van der Waals surface area contributed by atoms with Crippen molar-refractivity contribution >= 4 is 29.0 Å². The zero-order chi connectivity index (χ0) is 27.4. The summed E-state index contributed by atoms with van der Waals surface area (Å²) in [5.41, 5.74) is -0.918. The Morgan fingerprint density at radius 2 is 1.45 bits per heavy atom. The number of para-hydroxylation sites is 4. The van der Waals surface area contributed by atoms with E-state index >= 15 is 0 Å². The third kappa shape index (κ3) is 5.38. The normalized spacial score (nSPS) is 22.9. The number of nitrogens with one attached hydrogen (secondary N) is 2. The maximum Gasteiger partial charge on any atom is 0.235 e. The van der Waals surface area contributed by atoms with Crippen LogP contribution < -0.4 is 20.1 Å². The van der Waals surface area contributed by atoms with Crippen molar-refractivity contribution in [1.82, 2.24) is 0 Å². The highest BCUT2D eigenvalue weighted by molar-refractivity contribution is 6.11. The van der Waals surface area contributed by atoms with E-state index in [-0.39, 0.29) is 5.56 Å². The van der Waals surface area contributed by atoms with Gasteiger partial charge in [-0.1, -0.05) is 36.4 Å². The fourth-order valence-corrected chi connectivity index (χ4v) is 5.12. The summed E-state index contributed by atoms with van der Waals surface area (Å²) in [6, 6.07) is 18.8. The van der Waals surface area contributed by atoms with E-state index in [1.54, 1.807) is 48.5 Å². The van der Waals surface area contributed by atoms with E-state index < -0.39 is 53.2 Å². The molecule has 198 valence electrons. The summed E-state index contributed by atoms with van der Waals surface area (Å²) in [7, 11) is 2.90. The summed E-state index contributed by atoms with van der Waals surface area (Å²) in [4.78, 5) is 40.8. The van der Waals surface area contributed by atoms with Gasteiger partial charge in [-0.05, 0) is 48.9 Å². The molecule has 0 aliphatic heterocycles. The fraction of sp³-hybridized carbons (Fsp3) is 0.276. The number of hydrogen-bond acceptors (Lipinski definition) is 6. The van der Waals surface area contributed by atoms with Crippen LogP contribution in [0, 0.1) is 17.7 Å². The average molecular weight is 521 g/mol. The lowest BCUT2D eigenvalue weighted by molar-refractivity contribution is -0.150. The first-order chi connectivity index (χ1) is 18.2. The van der Waals surface area contributed by atoms with Crippen molar-refractivity contribution < 1.29 is 33.4 Å². The van der Waals surface area contributed by atoms with E-state index in [2.05, 4.69) is 10.6 Å². The van der Waals surface area contributed by atoms with Crippen molar-refractivity contribution in [2.75, 3.05) is 24.9 Å². The molecule has 2 amide bonds. The maximum absolute atomic E-state index is 14.4. The molecule has 3 aromatic rings. The number of ether oxygens (including phenoxy) is 2. The van der Waals surface area contributed by atoms with Gasteiger partial charge in [-0.2, -0.15) is 0 Å². The van der Waals surface area contributed by atoms with Gasteiger partial charge in [0.05, 0.1) is 37.1 Å². The van der Waals surface area contributed by atoms with E-state index in [1.165, 1.54) is 45.4 Å². The van der Waals surface area contributed by atoms with Crippen LogP contribution in [-0.2, 0) is 14.4 Å². The van der Waals surface area contributed by atoms with E-state index in [0.717, 1.165) is 0 Å². The minimum Gasteiger partial charge on any atom is -0.495 e. The molecule has 1 fully saturated rings. The Morgan fingerprint density at radius 1 is 0.895 bits per heavy atom. The number of ketones is 1. The van der Waals surface area contributed by atoms with Gasteiger partial charge in [0, 0.05) is 12.3 Å². The van der Waals surface area contributed by atoms with E-state index in [4.69, 9.17) is 9.47 Å². The van der Waals surface area contributed by atoms with Crippen LogP contribution in [0.2, 0.25) is 0 Å². The molecule has 0 saturated heterocycles. The number of Topliss-reactive ketones (excluding diaryl/α,β-unsaturated/α-hetero) is 1. The average Bonchev–Trinajstić information content (AvgIpc) is 2.88. The summed E-state index contributed by atoms with van der Waals surface area (Å²) in [6.45, 7) is 1.37. The Morgan fingerprint density at radius 3 is 2.00 bits per heavy atom. The summed E-state index contributed by atoms with van der Waals surface area (Å²) in [6.07, 6.45) is -0.452. The molecule has 1 aliphatic carbocycles. The van der Waals surface area contributed by atoms with Crippen molar-refractivity contribution in [3.63, 3.8) is 0 Å². The molecule has 8 nitrogen and oxygen atoms in total. The number of benzene rings is 3. The molecule has 0 bridgehead atoms. The Labute approximate surface area is 219 Å². The van der Waals surface area contributed by atoms with Crippen LogP contribution in [0.15, 0.2) is 72.8 Å². The Balaban J connectivity index is 1.79. The second-order valence-electron chi connectivity index (χ2n) is 9.42. The molecule has 0 radical (unpaired) electrons. The highest BCUT2D eigenvalue weighted by Crippen LogP contribution is 2.47.